The molecule has 0 aliphatic carbocycles. The van der Waals surface area contributed by atoms with Crippen molar-refractivity contribution in [2.45, 2.75) is 44.7 Å². The molecule has 4 rings (SSSR count). The number of nitrogens with zero attached hydrogens (tertiary/aromatic N) is 3. The van der Waals surface area contributed by atoms with Crippen LogP contribution in [0, 0.1) is 0 Å². The van der Waals surface area contributed by atoms with Crippen LogP contribution in [0.2, 0.25) is 0 Å². The van der Waals surface area contributed by atoms with E-state index >= 15 is 0 Å². The number of piperidine rings is 1. The summed E-state index contributed by atoms with van der Waals surface area (Å²) in [6.07, 6.45) is 7.12. The number of H-pyrrole nitrogens is 1. The van der Waals surface area contributed by atoms with Gasteiger partial charge in [-0.15, -0.1) is 0 Å². The zero-order valence-corrected chi connectivity index (χ0v) is 17.1. The Bertz CT molecular complexity index is 770. The lowest BCUT2D eigenvalue weighted by Crippen LogP contribution is -2.34. The van der Waals surface area contributed by atoms with E-state index in [9.17, 15) is 0 Å². The highest BCUT2D eigenvalue weighted by Gasteiger charge is 2.26. The van der Waals surface area contributed by atoms with E-state index in [2.05, 4.69) is 26.1 Å². The summed E-state index contributed by atoms with van der Waals surface area (Å²) in [5.74, 6) is 2.17. The van der Waals surface area contributed by atoms with E-state index in [0.29, 0.717) is 5.92 Å². The SMILES string of the molecule is COc1cccc(CN2CCC[C@H](c3[nH]ncc3CN3CCCC3)C2)c1OC. The number of aromatic amines is 1. The van der Waals surface area contributed by atoms with Crippen molar-refractivity contribution in [1.82, 2.24) is 20.0 Å². The van der Waals surface area contributed by atoms with Crippen molar-refractivity contribution in [2.75, 3.05) is 40.4 Å². The molecule has 6 heteroatoms. The molecule has 2 aromatic rings. The molecule has 1 N–H and O–H groups in total. The minimum absolute atomic E-state index is 0.519. The Hall–Kier alpha value is -2.05. The molecule has 0 bridgehead atoms. The maximum absolute atomic E-state index is 5.63. The van der Waals surface area contributed by atoms with E-state index in [0.717, 1.165) is 37.7 Å². The van der Waals surface area contributed by atoms with Crippen molar-refractivity contribution in [3.05, 3.63) is 41.2 Å². The van der Waals surface area contributed by atoms with Gasteiger partial charge in [-0.05, 0) is 51.4 Å². The Morgan fingerprint density at radius 1 is 1.00 bits per heavy atom. The van der Waals surface area contributed by atoms with Crippen molar-refractivity contribution >= 4 is 0 Å². The summed E-state index contributed by atoms with van der Waals surface area (Å²) in [5, 5.41) is 7.72. The third-order valence-corrected chi connectivity index (χ3v) is 6.14. The summed E-state index contributed by atoms with van der Waals surface area (Å²) in [5.41, 5.74) is 3.91. The van der Waals surface area contributed by atoms with Gasteiger partial charge in [0.15, 0.2) is 11.5 Å². The molecule has 0 spiro atoms. The maximum atomic E-state index is 5.63. The molecule has 152 valence electrons. The minimum atomic E-state index is 0.519. The van der Waals surface area contributed by atoms with E-state index < -0.39 is 0 Å². The normalized spacial score (nSPS) is 21.1. The van der Waals surface area contributed by atoms with Crippen LogP contribution in [0.5, 0.6) is 11.5 Å². The summed E-state index contributed by atoms with van der Waals surface area (Å²) in [7, 11) is 3.41. The third-order valence-electron chi connectivity index (χ3n) is 6.14. The van der Waals surface area contributed by atoms with Crippen LogP contribution in [-0.2, 0) is 13.1 Å². The topological polar surface area (TPSA) is 53.6 Å². The van der Waals surface area contributed by atoms with Crippen LogP contribution >= 0.6 is 0 Å². The molecule has 1 aromatic heterocycles. The number of benzene rings is 1. The first-order valence-electron chi connectivity index (χ1n) is 10.4. The van der Waals surface area contributed by atoms with E-state index in [-0.39, 0.29) is 0 Å². The third kappa shape index (κ3) is 4.18. The molecule has 1 atom stereocenters. The Balaban J connectivity index is 1.45. The number of rotatable bonds is 7. The fourth-order valence-electron chi connectivity index (χ4n) is 4.74. The summed E-state index contributed by atoms with van der Waals surface area (Å²) < 4.78 is 11.1. The first-order chi connectivity index (χ1) is 13.8. The van der Waals surface area contributed by atoms with Crippen LogP contribution in [-0.4, -0.2) is 60.4 Å². The van der Waals surface area contributed by atoms with Gasteiger partial charge in [-0.2, -0.15) is 5.10 Å². The lowest BCUT2D eigenvalue weighted by atomic mass is 9.92. The minimum Gasteiger partial charge on any atom is -0.493 e. The smallest absolute Gasteiger partial charge is 0.165 e. The van der Waals surface area contributed by atoms with Gasteiger partial charge >= 0.3 is 0 Å². The number of likely N-dealkylation sites (tertiary alicyclic amines) is 2. The number of para-hydroxylation sites is 1. The number of nitrogens with one attached hydrogen (secondary N) is 1. The molecule has 0 saturated carbocycles. The van der Waals surface area contributed by atoms with Crippen molar-refractivity contribution in [3.63, 3.8) is 0 Å². The van der Waals surface area contributed by atoms with E-state index in [1.807, 2.05) is 18.3 Å². The zero-order chi connectivity index (χ0) is 19.3. The first kappa shape index (κ1) is 19.3. The van der Waals surface area contributed by atoms with Crippen LogP contribution in [0.1, 0.15) is 48.4 Å². The molecule has 0 radical (unpaired) electrons. The van der Waals surface area contributed by atoms with Crippen LogP contribution in [0.25, 0.3) is 0 Å². The molecule has 3 heterocycles. The second-order valence-corrected chi connectivity index (χ2v) is 8.02. The quantitative estimate of drug-likeness (QED) is 0.793. The average molecular weight is 385 g/mol. The van der Waals surface area contributed by atoms with Gasteiger partial charge in [-0.25, -0.2) is 0 Å². The molecule has 2 saturated heterocycles. The van der Waals surface area contributed by atoms with Crippen LogP contribution in [0.3, 0.4) is 0 Å². The molecule has 2 aliphatic rings. The largest absolute Gasteiger partial charge is 0.493 e. The first-order valence-corrected chi connectivity index (χ1v) is 10.4. The maximum Gasteiger partial charge on any atom is 0.165 e. The second-order valence-electron chi connectivity index (χ2n) is 8.02. The van der Waals surface area contributed by atoms with Crippen LogP contribution in [0.15, 0.2) is 24.4 Å². The number of methoxy groups -OCH3 is 2. The highest BCUT2D eigenvalue weighted by molar-refractivity contribution is 5.46. The van der Waals surface area contributed by atoms with Gasteiger partial charge in [0.05, 0.1) is 20.4 Å². The Labute approximate surface area is 167 Å². The number of hydrogen-bond donors (Lipinski definition) is 1. The van der Waals surface area contributed by atoms with Crippen molar-refractivity contribution in [3.8, 4) is 11.5 Å². The lowest BCUT2D eigenvalue weighted by molar-refractivity contribution is 0.194. The summed E-state index contributed by atoms with van der Waals surface area (Å²) in [6, 6.07) is 6.14. The second kappa shape index (κ2) is 8.97. The van der Waals surface area contributed by atoms with Crippen molar-refractivity contribution in [1.29, 1.82) is 0 Å². The fourth-order valence-corrected chi connectivity index (χ4v) is 4.74. The van der Waals surface area contributed by atoms with Gasteiger partial charge in [0.25, 0.3) is 0 Å². The molecular weight excluding hydrogens is 352 g/mol. The molecule has 2 fully saturated rings. The average Bonchev–Trinajstić information content (AvgIpc) is 3.40. The number of ether oxygens (including phenoxy) is 2. The molecule has 2 aliphatic heterocycles. The summed E-state index contributed by atoms with van der Waals surface area (Å²) >= 11 is 0. The number of aromatic nitrogens is 2. The molecule has 28 heavy (non-hydrogen) atoms. The van der Waals surface area contributed by atoms with Gasteiger partial charge in [-0.1, -0.05) is 12.1 Å². The highest BCUT2D eigenvalue weighted by Crippen LogP contribution is 2.34. The van der Waals surface area contributed by atoms with E-state index in [1.54, 1.807) is 14.2 Å². The Morgan fingerprint density at radius 3 is 2.57 bits per heavy atom. The van der Waals surface area contributed by atoms with E-state index in [1.165, 1.54) is 55.6 Å². The highest BCUT2D eigenvalue weighted by atomic mass is 16.5. The predicted octanol–water partition coefficient (Wildman–Crippen LogP) is 3.40. The van der Waals surface area contributed by atoms with Crippen molar-refractivity contribution < 1.29 is 9.47 Å². The van der Waals surface area contributed by atoms with Gasteiger partial charge in [0, 0.05) is 42.4 Å². The fraction of sp³-hybridized carbons (Fsp3) is 0.591. The molecular formula is C22H32N4O2. The van der Waals surface area contributed by atoms with Gasteiger partial charge in [0.1, 0.15) is 0 Å². The summed E-state index contributed by atoms with van der Waals surface area (Å²) in [4.78, 5) is 5.09. The van der Waals surface area contributed by atoms with Crippen LogP contribution in [0.4, 0.5) is 0 Å². The zero-order valence-electron chi connectivity index (χ0n) is 17.1. The monoisotopic (exact) mass is 384 g/mol. The van der Waals surface area contributed by atoms with Crippen molar-refractivity contribution in [2.24, 2.45) is 0 Å². The molecule has 1 aromatic carbocycles. The van der Waals surface area contributed by atoms with Crippen LogP contribution < -0.4 is 9.47 Å². The van der Waals surface area contributed by atoms with Gasteiger partial charge in [-0.3, -0.25) is 14.9 Å². The lowest BCUT2D eigenvalue weighted by Gasteiger charge is -2.33. The summed E-state index contributed by atoms with van der Waals surface area (Å²) in [6.45, 7) is 6.52. The molecule has 0 amide bonds. The number of hydrogen-bond acceptors (Lipinski definition) is 5. The Morgan fingerprint density at radius 2 is 1.79 bits per heavy atom. The van der Waals surface area contributed by atoms with Gasteiger partial charge < -0.3 is 9.47 Å². The molecule has 0 unspecified atom stereocenters. The standard InChI is InChI=1S/C22H32N4O2/c1-27-20-9-5-7-18(22(20)28-2)15-26-12-6-8-17(14-26)21-19(13-23-24-21)16-25-10-3-4-11-25/h5,7,9,13,17H,3-4,6,8,10-12,14-16H2,1-2H3,(H,23,24)/t17-/m0/s1. The Kier molecular flexibility index (Phi) is 6.17. The van der Waals surface area contributed by atoms with E-state index in [4.69, 9.17) is 9.47 Å². The molecule has 6 nitrogen and oxygen atoms in total. The predicted molar refractivity (Wildman–Crippen MR) is 110 cm³/mol. The van der Waals surface area contributed by atoms with Gasteiger partial charge in [0.2, 0.25) is 0 Å².